The fraction of sp³-hybridized carbons (Fsp3) is 0.182. The van der Waals surface area contributed by atoms with Gasteiger partial charge in [-0.1, -0.05) is 121 Å². The summed E-state index contributed by atoms with van der Waals surface area (Å²) in [6, 6.07) is 46.3. The normalized spacial score (nSPS) is 11.3. The number of hydrogen-bond donors (Lipinski definition) is 2. The van der Waals surface area contributed by atoms with E-state index >= 15 is 0 Å². The highest BCUT2D eigenvalue weighted by Gasteiger charge is 2.26. The summed E-state index contributed by atoms with van der Waals surface area (Å²) in [5.74, 6) is 1.16. The molecule has 0 aliphatic carbocycles. The van der Waals surface area contributed by atoms with E-state index < -0.39 is 9.84 Å². The van der Waals surface area contributed by atoms with Crippen molar-refractivity contribution in [1.82, 2.24) is 0 Å². The number of benzene rings is 6. The number of ether oxygens (including phenoxy) is 2. The van der Waals surface area contributed by atoms with E-state index in [1.165, 1.54) is 0 Å². The van der Waals surface area contributed by atoms with Crippen LogP contribution < -0.4 is 9.47 Å². The smallest absolute Gasteiger partial charge is 0.206 e. The molecule has 0 bridgehead atoms. The van der Waals surface area contributed by atoms with Crippen LogP contribution in [0, 0.1) is 0 Å². The topological polar surface area (TPSA) is 93.1 Å². The molecule has 0 aromatic heterocycles. The minimum absolute atomic E-state index is 0.0800. The van der Waals surface area contributed by atoms with Crippen molar-refractivity contribution in [2.75, 3.05) is 26.4 Å². The highest BCUT2D eigenvalue weighted by molar-refractivity contribution is 7.91. The number of aliphatic hydroxyl groups excluding tert-OH is 2. The molecule has 0 fully saturated rings. The molecule has 6 rings (SSSR count). The van der Waals surface area contributed by atoms with Gasteiger partial charge in [-0.3, -0.25) is 0 Å². The van der Waals surface area contributed by atoms with Crippen LogP contribution >= 0.6 is 0 Å². The third-order valence-electron chi connectivity index (χ3n) is 8.68. The van der Waals surface area contributed by atoms with Crippen LogP contribution in [0.15, 0.2) is 155 Å². The van der Waals surface area contributed by atoms with E-state index in [1.54, 1.807) is 24.3 Å². The largest absolute Gasteiger partial charge is 0.491 e. The molecule has 51 heavy (non-hydrogen) atoms. The van der Waals surface area contributed by atoms with Crippen molar-refractivity contribution in [1.29, 1.82) is 0 Å². The Kier molecular flexibility index (Phi) is 12.0. The second kappa shape index (κ2) is 17.1. The molecule has 0 saturated carbocycles. The van der Waals surface area contributed by atoms with Gasteiger partial charge in [0.25, 0.3) is 0 Å². The van der Waals surface area contributed by atoms with Gasteiger partial charge in [0.1, 0.15) is 24.7 Å². The third kappa shape index (κ3) is 9.13. The maximum atomic E-state index is 14.9. The molecule has 7 heteroatoms. The monoisotopic (exact) mass is 698 g/mol. The van der Waals surface area contributed by atoms with E-state index in [-0.39, 0.29) is 36.2 Å². The van der Waals surface area contributed by atoms with Gasteiger partial charge in [-0.25, -0.2) is 8.42 Å². The summed E-state index contributed by atoms with van der Waals surface area (Å²) in [6.07, 6.45) is 1.77. The van der Waals surface area contributed by atoms with Gasteiger partial charge in [0.2, 0.25) is 9.84 Å². The first-order valence-corrected chi connectivity index (χ1v) is 18.6. The molecule has 260 valence electrons. The molecule has 0 saturated heterocycles. The van der Waals surface area contributed by atoms with Crippen molar-refractivity contribution in [3.8, 4) is 11.5 Å². The summed E-state index contributed by atoms with van der Waals surface area (Å²) >= 11 is 0. The van der Waals surface area contributed by atoms with Gasteiger partial charge in [0, 0.05) is 47.9 Å². The molecule has 6 aromatic rings. The Morgan fingerprint density at radius 2 is 0.667 bits per heavy atom. The van der Waals surface area contributed by atoms with Crippen molar-refractivity contribution >= 4 is 9.84 Å². The lowest BCUT2D eigenvalue weighted by atomic mass is 9.97. The lowest BCUT2D eigenvalue weighted by molar-refractivity contribution is 0.199. The van der Waals surface area contributed by atoms with Crippen molar-refractivity contribution in [3.63, 3.8) is 0 Å². The Hall–Kier alpha value is -5.21. The molecule has 0 spiro atoms. The molecule has 0 heterocycles. The maximum Gasteiger partial charge on any atom is 0.206 e. The van der Waals surface area contributed by atoms with Gasteiger partial charge in [0.15, 0.2) is 0 Å². The van der Waals surface area contributed by atoms with Crippen LogP contribution in [0.25, 0.3) is 0 Å². The second-order valence-corrected chi connectivity index (χ2v) is 14.4. The summed E-state index contributed by atoms with van der Waals surface area (Å²) in [5, 5.41) is 19.4. The van der Waals surface area contributed by atoms with Crippen LogP contribution in [0.3, 0.4) is 0 Å². The average Bonchev–Trinajstić information content (AvgIpc) is 3.15. The highest BCUT2D eigenvalue weighted by Crippen LogP contribution is 2.37. The zero-order valence-corrected chi connectivity index (χ0v) is 29.3. The molecule has 0 unspecified atom stereocenters. The number of rotatable bonds is 16. The summed E-state index contributed by atoms with van der Waals surface area (Å²) in [7, 11) is -4.08. The van der Waals surface area contributed by atoms with Crippen LogP contribution in [-0.2, 0) is 35.5 Å². The summed E-state index contributed by atoms with van der Waals surface area (Å²) in [5.41, 5.74) is 6.91. The quantitative estimate of drug-likeness (QED) is 0.108. The van der Waals surface area contributed by atoms with Crippen molar-refractivity contribution < 1.29 is 28.1 Å². The first-order chi connectivity index (χ1) is 24.9. The Morgan fingerprint density at radius 1 is 0.412 bits per heavy atom. The first kappa shape index (κ1) is 35.6. The van der Waals surface area contributed by atoms with Crippen LogP contribution in [0.2, 0.25) is 0 Å². The summed E-state index contributed by atoms with van der Waals surface area (Å²) in [4.78, 5) is 0.326. The standard InChI is InChI=1S/C44H42O6S/c45-21-23-49-43-37(25-33-13-5-1-6-14-33)29-41(30-38(43)26-34-15-7-2-8-16-34)51(47,48)42-31-39(27-35-17-9-3-10-18-35)44(50-24-22-46)40(32-42)28-36-19-11-4-12-20-36/h1-20,29-32,45-46H,21-28H2. The molecular formula is C44H42O6S. The number of sulfone groups is 1. The van der Waals surface area contributed by atoms with Crippen LogP contribution in [0.4, 0.5) is 0 Å². The Bertz CT molecular complexity index is 1840. The van der Waals surface area contributed by atoms with Crippen molar-refractivity contribution in [2.24, 2.45) is 0 Å². The Morgan fingerprint density at radius 3 is 0.902 bits per heavy atom. The van der Waals surface area contributed by atoms with E-state index in [2.05, 4.69) is 0 Å². The molecule has 0 atom stereocenters. The predicted octanol–water partition coefficient (Wildman–Crippen LogP) is 7.62. The predicted molar refractivity (Wildman–Crippen MR) is 200 cm³/mol. The third-order valence-corrected chi connectivity index (χ3v) is 10.4. The molecule has 6 aromatic carbocycles. The van der Waals surface area contributed by atoms with Crippen LogP contribution in [0.5, 0.6) is 11.5 Å². The average molecular weight is 699 g/mol. The van der Waals surface area contributed by atoms with E-state index in [1.807, 2.05) is 121 Å². The molecule has 0 aliphatic heterocycles. The molecule has 0 radical (unpaired) electrons. The molecule has 0 aliphatic rings. The minimum Gasteiger partial charge on any atom is -0.491 e. The Balaban J connectivity index is 1.54. The molecule has 2 N–H and O–H groups in total. The molecule has 0 amide bonds. The second-order valence-electron chi connectivity index (χ2n) is 12.4. The van der Waals surface area contributed by atoms with E-state index in [9.17, 15) is 18.6 Å². The minimum atomic E-state index is -4.08. The summed E-state index contributed by atoms with van der Waals surface area (Å²) in [6.45, 7) is -0.184. The fourth-order valence-corrected chi connectivity index (χ4v) is 7.81. The van der Waals surface area contributed by atoms with E-state index in [0.29, 0.717) is 37.2 Å². The van der Waals surface area contributed by atoms with E-state index in [0.717, 1.165) is 44.5 Å². The van der Waals surface area contributed by atoms with Gasteiger partial charge in [-0.05, 0) is 46.5 Å². The van der Waals surface area contributed by atoms with Gasteiger partial charge >= 0.3 is 0 Å². The number of aliphatic hydroxyl groups is 2. The molecule has 6 nitrogen and oxygen atoms in total. The van der Waals surface area contributed by atoms with Crippen LogP contribution in [0.1, 0.15) is 44.5 Å². The van der Waals surface area contributed by atoms with Crippen molar-refractivity contribution in [3.05, 3.63) is 190 Å². The zero-order chi connectivity index (χ0) is 35.5. The van der Waals surface area contributed by atoms with E-state index in [4.69, 9.17) is 9.47 Å². The SMILES string of the molecule is O=S(=O)(c1cc(Cc2ccccc2)c(OCCO)c(Cc2ccccc2)c1)c1cc(Cc2ccccc2)c(OCCO)c(Cc2ccccc2)c1. The highest BCUT2D eigenvalue weighted by atomic mass is 32.2. The first-order valence-electron chi connectivity index (χ1n) is 17.1. The van der Waals surface area contributed by atoms with Gasteiger partial charge in [0.05, 0.1) is 23.0 Å². The van der Waals surface area contributed by atoms with Gasteiger partial charge in [-0.15, -0.1) is 0 Å². The Labute approximate surface area is 300 Å². The van der Waals surface area contributed by atoms with Crippen LogP contribution in [-0.4, -0.2) is 45.1 Å². The zero-order valence-electron chi connectivity index (χ0n) is 28.4. The molecular weight excluding hydrogens is 657 g/mol. The van der Waals surface area contributed by atoms with Gasteiger partial charge < -0.3 is 19.7 Å². The maximum absolute atomic E-state index is 14.9. The fourth-order valence-electron chi connectivity index (χ4n) is 6.35. The summed E-state index contributed by atoms with van der Waals surface area (Å²) < 4.78 is 42.2. The lowest BCUT2D eigenvalue weighted by Crippen LogP contribution is -2.12. The van der Waals surface area contributed by atoms with Gasteiger partial charge in [-0.2, -0.15) is 0 Å². The van der Waals surface area contributed by atoms with Crippen molar-refractivity contribution in [2.45, 2.75) is 35.5 Å². The number of hydrogen-bond acceptors (Lipinski definition) is 6. The lowest BCUT2D eigenvalue weighted by Gasteiger charge is -2.20.